The molecule has 0 aliphatic carbocycles. The van der Waals surface area contributed by atoms with Crippen LogP contribution in [0.5, 0.6) is 0 Å². The van der Waals surface area contributed by atoms with Gasteiger partial charge in [-0.2, -0.15) is 0 Å². The number of carboxylic acid groups (broad SMARTS) is 1. The van der Waals surface area contributed by atoms with Gasteiger partial charge in [-0.15, -0.1) is 0 Å². The fourth-order valence-corrected chi connectivity index (χ4v) is 1.58. The van der Waals surface area contributed by atoms with E-state index in [4.69, 9.17) is 10.8 Å². The molecular formula is C11H14N2O5. The van der Waals surface area contributed by atoms with Crippen LogP contribution in [-0.4, -0.2) is 26.7 Å². The van der Waals surface area contributed by atoms with Crippen LogP contribution in [0.4, 0.5) is 11.4 Å². The van der Waals surface area contributed by atoms with Gasteiger partial charge in [0.2, 0.25) is 0 Å². The van der Waals surface area contributed by atoms with Gasteiger partial charge in [0.1, 0.15) is 5.69 Å². The number of nitro groups is 1. The SMILES string of the molecule is Cc1cc(C[C@@](C)(O)C(=O)O)cc([N+](=O)[O-])c1N. The fraction of sp³-hybridized carbons (Fsp3) is 0.364. The number of carbonyl (C=O) groups is 1. The van der Waals surface area contributed by atoms with E-state index in [1.807, 2.05) is 0 Å². The Hall–Kier alpha value is -2.15. The number of aliphatic carboxylic acids is 1. The summed E-state index contributed by atoms with van der Waals surface area (Å²) in [6.45, 7) is 2.72. The van der Waals surface area contributed by atoms with E-state index >= 15 is 0 Å². The molecule has 0 amide bonds. The molecule has 0 aliphatic rings. The standard InChI is InChI=1S/C11H14N2O5/c1-6-3-7(5-11(2,16)10(14)15)4-8(9(6)12)13(17)18/h3-4,16H,5,12H2,1-2H3,(H,14,15)/t11-/m1/s1. The number of benzene rings is 1. The minimum Gasteiger partial charge on any atom is -0.479 e. The van der Waals surface area contributed by atoms with Gasteiger partial charge < -0.3 is 15.9 Å². The average molecular weight is 254 g/mol. The number of nitrogen functional groups attached to an aromatic ring is 1. The Morgan fingerprint density at radius 2 is 2.11 bits per heavy atom. The summed E-state index contributed by atoms with van der Waals surface area (Å²) in [5.74, 6) is -1.39. The lowest BCUT2D eigenvalue weighted by molar-refractivity contribution is -0.384. The molecule has 0 heterocycles. The zero-order valence-electron chi connectivity index (χ0n) is 10.0. The zero-order chi connectivity index (χ0) is 14.1. The van der Waals surface area contributed by atoms with Crippen LogP contribution in [0.15, 0.2) is 12.1 Å². The van der Waals surface area contributed by atoms with Crippen molar-refractivity contribution in [1.82, 2.24) is 0 Å². The number of aliphatic hydroxyl groups is 1. The highest BCUT2D eigenvalue weighted by Crippen LogP contribution is 2.28. The summed E-state index contributed by atoms with van der Waals surface area (Å²) in [5, 5.41) is 29.2. The average Bonchev–Trinajstić information content (AvgIpc) is 2.21. The minimum atomic E-state index is -1.98. The molecule has 0 bridgehead atoms. The molecule has 1 atom stereocenters. The van der Waals surface area contributed by atoms with Crippen molar-refractivity contribution in [1.29, 1.82) is 0 Å². The summed E-state index contributed by atoms with van der Waals surface area (Å²) in [5.41, 5.74) is 4.15. The van der Waals surface area contributed by atoms with Crippen molar-refractivity contribution in [2.24, 2.45) is 0 Å². The molecule has 0 aliphatic heterocycles. The summed E-state index contributed by atoms with van der Waals surface area (Å²) in [6, 6.07) is 2.71. The van der Waals surface area contributed by atoms with E-state index in [1.165, 1.54) is 12.1 Å². The maximum atomic E-state index is 10.8. The van der Waals surface area contributed by atoms with Crippen LogP contribution in [0, 0.1) is 17.0 Å². The number of nitrogens with two attached hydrogens (primary N) is 1. The van der Waals surface area contributed by atoms with E-state index in [0.717, 1.165) is 6.92 Å². The number of anilines is 1. The molecule has 0 fully saturated rings. The van der Waals surface area contributed by atoms with Gasteiger partial charge in [0.05, 0.1) is 4.92 Å². The van der Waals surface area contributed by atoms with Crippen LogP contribution >= 0.6 is 0 Å². The Morgan fingerprint density at radius 1 is 1.56 bits per heavy atom. The molecule has 0 spiro atoms. The second kappa shape index (κ2) is 4.61. The first kappa shape index (κ1) is 13.9. The van der Waals surface area contributed by atoms with Crippen LogP contribution < -0.4 is 5.73 Å². The second-order valence-electron chi connectivity index (χ2n) is 4.36. The zero-order valence-corrected chi connectivity index (χ0v) is 10.0. The largest absolute Gasteiger partial charge is 0.479 e. The topological polar surface area (TPSA) is 127 Å². The molecule has 0 unspecified atom stereocenters. The maximum Gasteiger partial charge on any atom is 0.335 e. The molecule has 0 saturated heterocycles. The van der Waals surface area contributed by atoms with E-state index in [-0.39, 0.29) is 17.8 Å². The number of nitro benzene ring substituents is 1. The molecule has 0 radical (unpaired) electrons. The van der Waals surface area contributed by atoms with Crippen LogP contribution in [0.25, 0.3) is 0 Å². The van der Waals surface area contributed by atoms with Crippen molar-refractivity contribution < 1.29 is 19.9 Å². The predicted molar refractivity (Wildman–Crippen MR) is 64.2 cm³/mol. The Morgan fingerprint density at radius 3 is 2.56 bits per heavy atom. The van der Waals surface area contributed by atoms with E-state index in [9.17, 15) is 20.0 Å². The van der Waals surface area contributed by atoms with Crippen molar-refractivity contribution in [3.63, 3.8) is 0 Å². The van der Waals surface area contributed by atoms with Crippen LogP contribution in [0.1, 0.15) is 18.1 Å². The molecular weight excluding hydrogens is 240 g/mol. The van der Waals surface area contributed by atoms with Crippen LogP contribution in [0.2, 0.25) is 0 Å². The third-order valence-corrected chi connectivity index (χ3v) is 2.63. The quantitative estimate of drug-likeness (QED) is 0.415. The number of aryl methyl sites for hydroxylation is 1. The first-order valence-electron chi connectivity index (χ1n) is 5.14. The van der Waals surface area contributed by atoms with Crippen LogP contribution in [-0.2, 0) is 11.2 Å². The highest BCUT2D eigenvalue weighted by atomic mass is 16.6. The number of rotatable bonds is 4. The molecule has 1 rings (SSSR count). The smallest absolute Gasteiger partial charge is 0.335 e. The van der Waals surface area contributed by atoms with E-state index in [2.05, 4.69) is 0 Å². The summed E-state index contributed by atoms with van der Waals surface area (Å²) in [7, 11) is 0. The summed E-state index contributed by atoms with van der Waals surface area (Å²) >= 11 is 0. The van der Waals surface area contributed by atoms with E-state index in [1.54, 1.807) is 6.92 Å². The third kappa shape index (κ3) is 2.75. The van der Waals surface area contributed by atoms with Crippen LogP contribution in [0.3, 0.4) is 0 Å². The molecule has 0 aromatic heterocycles. The lowest BCUT2D eigenvalue weighted by Gasteiger charge is -2.18. The van der Waals surface area contributed by atoms with Crippen molar-refractivity contribution in [2.75, 3.05) is 5.73 Å². The molecule has 1 aromatic rings. The van der Waals surface area contributed by atoms with Gasteiger partial charge in [0, 0.05) is 12.5 Å². The van der Waals surface area contributed by atoms with Gasteiger partial charge >= 0.3 is 5.97 Å². The van der Waals surface area contributed by atoms with Gasteiger partial charge in [-0.3, -0.25) is 10.1 Å². The normalized spacial score (nSPS) is 13.9. The molecule has 1 aromatic carbocycles. The van der Waals surface area contributed by atoms with Crippen molar-refractivity contribution >= 4 is 17.3 Å². The van der Waals surface area contributed by atoms with E-state index < -0.39 is 16.5 Å². The van der Waals surface area contributed by atoms with Gasteiger partial charge in [-0.05, 0) is 25.0 Å². The Balaban J connectivity index is 3.20. The lowest BCUT2D eigenvalue weighted by atomic mass is 9.95. The van der Waals surface area contributed by atoms with Crippen molar-refractivity contribution in [3.05, 3.63) is 33.4 Å². The Kier molecular flexibility index (Phi) is 3.57. The number of carboxylic acids is 1. The van der Waals surface area contributed by atoms with Gasteiger partial charge in [-0.25, -0.2) is 4.79 Å². The highest BCUT2D eigenvalue weighted by Gasteiger charge is 2.31. The van der Waals surface area contributed by atoms with Crippen molar-refractivity contribution in [2.45, 2.75) is 25.9 Å². The molecule has 7 heteroatoms. The second-order valence-corrected chi connectivity index (χ2v) is 4.36. The molecule has 4 N–H and O–H groups in total. The maximum absolute atomic E-state index is 10.8. The van der Waals surface area contributed by atoms with Gasteiger partial charge in [-0.1, -0.05) is 6.07 Å². The fourth-order valence-electron chi connectivity index (χ4n) is 1.58. The Labute approximate surface area is 103 Å². The number of hydrogen-bond acceptors (Lipinski definition) is 5. The first-order valence-corrected chi connectivity index (χ1v) is 5.14. The molecule has 0 saturated carbocycles. The summed E-state index contributed by atoms with van der Waals surface area (Å²) in [4.78, 5) is 20.9. The predicted octanol–water partition coefficient (Wildman–Crippen LogP) is 0.864. The monoisotopic (exact) mass is 254 g/mol. The highest BCUT2D eigenvalue weighted by molar-refractivity contribution is 5.77. The lowest BCUT2D eigenvalue weighted by Crippen LogP contribution is -2.37. The molecule has 18 heavy (non-hydrogen) atoms. The van der Waals surface area contributed by atoms with Gasteiger partial charge in [0.15, 0.2) is 5.60 Å². The number of hydrogen-bond donors (Lipinski definition) is 3. The summed E-state index contributed by atoms with van der Waals surface area (Å²) < 4.78 is 0. The first-order chi connectivity index (χ1) is 8.15. The third-order valence-electron chi connectivity index (χ3n) is 2.63. The Bertz CT molecular complexity index is 510. The number of nitrogens with zero attached hydrogens (tertiary/aromatic N) is 1. The van der Waals surface area contributed by atoms with Crippen molar-refractivity contribution in [3.8, 4) is 0 Å². The minimum absolute atomic E-state index is 0.0405. The van der Waals surface area contributed by atoms with Gasteiger partial charge in [0.25, 0.3) is 5.69 Å². The summed E-state index contributed by atoms with van der Waals surface area (Å²) in [6.07, 6.45) is -0.232. The molecule has 7 nitrogen and oxygen atoms in total. The molecule has 98 valence electrons. The van der Waals surface area contributed by atoms with E-state index in [0.29, 0.717) is 11.1 Å².